The van der Waals surface area contributed by atoms with Gasteiger partial charge >= 0.3 is 0 Å². The van der Waals surface area contributed by atoms with Crippen molar-refractivity contribution in [3.8, 4) is 0 Å². The maximum absolute atomic E-state index is 3.84. The molecule has 0 N–H and O–H groups in total. The zero-order valence-electron chi connectivity index (χ0n) is 7.19. The maximum Gasteiger partial charge on any atom is 0.0285 e. The van der Waals surface area contributed by atoms with E-state index in [1.54, 1.807) is 0 Å². The quantitative estimate of drug-likeness (QED) is 0.529. The molecular weight excluding hydrogens is 220 g/mol. The van der Waals surface area contributed by atoms with Crippen molar-refractivity contribution in [3.63, 3.8) is 0 Å². The normalized spacial score (nSPS) is 21.4. The number of rotatable bonds is 4. The third kappa shape index (κ3) is 2.51. The average Bonchev–Trinajstić information content (AvgIpc) is 2.69. The Morgan fingerprint density at radius 2 is 2.18 bits per heavy atom. The Morgan fingerprint density at radius 1 is 1.64 bits per heavy atom. The van der Waals surface area contributed by atoms with Crippen molar-refractivity contribution in [2.45, 2.75) is 36.2 Å². The van der Waals surface area contributed by atoms with E-state index in [1.807, 2.05) is 6.08 Å². The first kappa shape index (κ1) is 9.66. The molecule has 0 aromatic rings. The fourth-order valence-corrected chi connectivity index (χ4v) is 3.47. The summed E-state index contributed by atoms with van der Waals surface area (Å²) in [4.78, 5) is 0. The molecule has 0 atom stereocenters. The molecule has 2 heteroatoms. The van der Waals surface area contributed by atoms with Crippen LogP contribution in [0.5, 0.6) is 0 Å². The molecular formula is C9H15BrS. The lowest BCUT2D eigenvalue weighted by Crippen LogP contribution is -2.18. The van der Waals surface area contributed by atoms with E-state index in [9.17, 15) is 0 Å². The fourth-order valence-electron chi connectivity index (χ4n) is 1.00. The second kappa shape index (κ2) is 3.14. The third-order valence-corrected chi connectivity index (χ3v) is 5.15. The van der Waals surface area contributed by atoms with Gasteiger partial charge in [-0.1, -0.05) is 22.0 Å². The summed E-state index contributed by atoms with van der Waals surface area (Å²) >= 11 is 5.61. The van der Waals surface area contributed by atoms with Crippen molar-refractivity contribution in [1.82, 2.24) is 0 Å². The van der Waals surface area contributed by atoms with Crippen LogP contribution in [0.25, 0.3) is 0 Å². The molecule has 1 aliphatic carbocycles. The number of halogens is 1. The lowest BCUT2D eigenvalue weighted by molar-refractivity contribution is 0.881. The summed E-state index contributed by atoms with van der Waals surface area (Å²) in [5.41, 5.74) is 0. The molecule has 0 unspecified atom stereocenters. The highest BCUT2D eigenvalue weighted by molar-refractivity contribution is 9.09. The Labute approximate surface area is 82.0 Å². The molecule has 64 valence electrons. The van der Waals surface area contributed by atoms with Gasteiger partial charge in [-0.2, -0.15) is 0 Å². The van der Waals surface area contributed by atoms with Crippen molar-refractivity contribution >= 4 is 27.7 Å². The van der Waals surface area contributed by atoms with E-state index in [-0.39, 0.29) is 4.75 Å². The van der Waals surface area contributed by atoms with E-state index < -0.39 is 0 Å². The molecule has 0 spiro atoms. The van der Waals surface area contributed by atoms with E-state index in [0.717, 1.165) is 5.33 Å². The zero-order valence-corrected chi connectivity index (χ0v) is 9.59. The Hall–Kier alpha value is 0.570. The van der Waals surface area contributed by atoms with Crippen molar-refractivity contribution < 1.29 is 0 Å². The predicted octanol–water partition coefficient (Wildman–Crippen LogP) is 3.61. The van der Waals surface area contributed by atoms with Gasteiger partial charge in [0.1, 0.15) is 0 Å². The number of thioether (sulfide) groups is 1. The maximum atomic E-state index is 3.84. The minimum absolute atomic E-state index is 0.240. The highest BCUT2D eigenvalue weighted by Crippen LogP contribution is 2.54. The van der Waals surface area contributed by atoms with Gasteiger partial charge in [-0.15, -0.1) is 18.3 Å². The van der Waals surface area contributed by atoms with E-state index >= 15 is 0 Å². The van der Waals surface area contributed by atoms with Gasteiger partial charge in [0.25, 0.3) is 0 Å². The fraction of sp³-hybridized carbons (Fsp3) is 0.778. The smallest absolute Gasteiger partial charge is 0.0285 e. The highest BCUT2D eigenvalue weighted by atomic mass is 79.9. The molecule has 0 aromatic heterocycles. The van der Waals surface area contributed by atoms with Gasteiger partial charge in [0.2, 0.25) is 0 Å². The van der Waals surface area contributed by atoms with Crippen LogP contribution in [0.2, 0.25) is 0 Å². The van der Waals surface area contributed by atoms with E-state index in [1.165, 1.54) is 12.8 Å². The minimum Gasteiger partial charge on any atom is -0.144 e. The van der Waals surface area contributed by atoms with E-state index in [2.05, 4.69) is 48.1 Å². The molecule has 0 aliphatic heterocycles. The molecule has 0 radical (unpaired) electrons. The first-order valence-corrected chi connectivity index (χ1v) is 5.87. The van der Waals surface area contributed by atoms with Crippen LogP contribution in [0.1, 0.15) is 26.7 Å². The molecule has 1 saturated carbocycles. The molecule has 1 aliphatic rings. The van der Waals surface area contributed by atoms with E-state index in [4.69, 9.17) is 0 Å². The lowest BCUT2D eigenvalue weighted by atomic mass is 10.2. The largest absolute Gasteiger partial charge is 0.144 e. The Morgan fingerprint density at radius 3 is 2.45 bits per heavy atom. The second-order valence-electron chi connectivity index (χ2n) is 3.73. The van der Waals surface area contributed by atoms with Crippen LogP contribution in [-0.4, -0.2) is 14.8 Å². The van der Waals surface area contributed by atoms with Gasteiger partial charge in [-0.3, -0.25) is 0 Å². The SMILES string of the molecule is C=CC(C)(C)SC1(CBr)CC1. The second-order valence-corrected chi connectivity index (χ2v) is 6.41. The monoisotopic (exact) mass is 234 g/mol. The summed E-state index contributed by atoms with van der Waals surface area (Å²) in [5, 5.41) is 1.13. The molecule has 1 rings (SSSR count). The highest BCUT2D eigenvalue weighted by Gasteiger charge is 2.45. The van der Waals surface area contributed by atoms with Crippen molar-refractivity contribution in [2.75, 3.05) is 5.33 Å². The Balaban J connectivity index is 2.47. The van der Waals surface area contributed by atoms with Crippen molar-refractivity contribution in [2.24, 2.45) is 0 Å². The van der Waals surface area contributed by atoms with Gasteiger partial charge < -0.3 is 0 Å². The first-order valence-electron chi connectivity index (χ1n) is 3.93. The topological polar surface area (TPSA) is 0 Å². The molecule has 0 amide bonds. The summed E-state index contributed by atoms with van der Waals surface area (Å²) in [7, 11) is 0. The van der Waals surface area contributed by atoms with Crippen LogP contribution in [0.4, 0.5) is 0 Å². The number of hydrogen-bond acceptors (Lipinski definition) is 1. The van der Waals surface area contributed by atoms with E-state index in [0.29, 0.717) is 4.75 Å². The first-order chi connectivity index (χ1) is 5.04. The van der Waals surface area contributed by atoms with Crippen LogP contribution >= 0.6 is 27.7 Å². The van der Waals surface area contributed by atoms with Crippen LogP contribution < -0.4 is 0 Å². The average molecular weight is 235 g/mol. The molecule has 0 aromatic carbocycles. The zero-order chi connectivity index (χ0) is 8.54. The summed E-state index contributed by atoms with van der Waals surface area (Å²) in [6.07, 6.45) is 4.76. The van der Waals surface area contributed by atoms with Crippen LogP contribution in [0.15, 0.2) is 12.7 Å². The summed E-state index contributed by atoms with van der Waals surface area (Å²) in [6, 6.07) is 0. The molecule has 1 fully saturated rings. The minimum atomic E-state index is 0.240. The van der Waals surface area contributed by atoms with Crippen LogP contribution in [0, 0.1) is 0 Å². The summed E-state index contributed by atoms with van der Waals surface area (Å²) in [6.45, 7) is 8.30. The Kier molecular flexibility index (Phi) is 2.75. The van der Waals surface area contributed by atoms with Crippen molar-refractivity contribution in [1.29, 1.82) is 0 Å². The molecule has 0 bridgehead atoms. The molecule has 0 saturated heterocycles. The molecule has 0 nitrogen and oxygen atoms in total. The van der Waals surface area contributed by atoms with Gasteiger partial charge in [0.05, 0.1) is 0 Å². The van der Waals surface area contributed by atoms with Crippen LogP contribution in [0.3, 0.4) is 0 Å². The molecule has 0 heterocycles. The third-order valence-electron chi connectivity index (χ3n) is 2.02. The number of hydrogen-bond donors (Lipinski definition) is 0. The van der Waals surface area contributed by atoms with Gasteiger partial charge in [0.15, 0.2) is 0 Å². The standard InChI is InChI=1S/C9H15BrS/c1-4-8(2,3)11-9(7-10)5-6-9/h4H,1,5-7H2,2-3H3. The van der Waals surface area contributed by atoms with Gasteiger partial charge in [0, 0.05) is 14.8 Å². The van der Waals surface area contributed by atoms with Gasteiger partial charge in [-0.05, 0) is 26.7 Å². The lowest BCUT2D eigenvalue weighted by Gasteiger charge is -2.24. The number of alkyl halides is 1. The molecule has 11 heavy (non-hydrogen) atoms. The Bertz CT molecular complexity index is 159. The summed E-state index contributed by atoms with van der Waals surface area (Å²) in [5.74, 6) is 0. The van der Waals surface area contributed by atoms with Crippen LogP contribution in [-0.2, 0) is 0 Å². The van der Waals surface area contributed by atoms with Crippen molar-refractivity contribution in [3.05, 3.63) is 12.7 Å². The summed E-state index contributed by atoms with van der Waals surface area (Å²) < 4.78 is 0.780. The predicted molar refractivity (Wildman–Crippen MR) is 57.6 cm³/mol. The van der Waals surface area contributed by atoms with Gasteiger partial charge in [-0.25, -0.2) is 0 Å².